The van der Waals surface area contributed by atoms with Crippen LogP contribution >= 0.6 is 0 Å². The molecule has 0 saturated carbocycles. The second kappa shape index (κ2) is 2.41. The van der Waals surface area contributed by atoms with Gasteiger partial charge in [0, 0.05) is 13.0 Å². The monoisotopic (exact) mass is 154 g/mol. The predicted molar refractivity (Wildman–Crippen MR) is 42.8 cm³/mol. The second-order valence-electron chi connectivity index (χ2n) is 3.29. The molecule has 0 aliphatic carbocycles. The average molecular weight is 154 g/mol. The van der Waals surface area contributed by atoms with E-state index in [2.05, 4.69) is 17.3 Å². The maximum Gasteiger partial charge on any atom is 0.166 e. The van der Waals surface area contributed by atoms with Crippen LogP contribution in [-0.4, -0.2) is 31.3 Å². The van der Waals surface area contributed by atoms with Crippen LogP contribution in [0.4, 0.5) is 0 Å². The van der Waals surface area contributed by atoms with E-state index in [0.29, 0.717) is 0 Å². The summed E-state index contributed by atoms with van der Waals surface area (Å²) in [5.41, 5.74) is 1.32. The lowest BCUT2D eigenvalue weighted by Gasteiger charge is -2.21. The number of rotatable bonds is 0. The smallest absolute Gasteiger partial charge is 0.166 e. The Hall–Kier alpha value is -0.700. The van der Waals surface area contributed by atoms with Crippen LogP contribution in [0.2, 0.25) is 0 Å². The van der Waals surface area contributed by atoms with Gasteiger partial charge in [0.05, 0.1) is 12.2 Å². The standard InChI is InChI=1S/C8H14N2O/c1-6-9-7-3-4-10(2)5-8(7)11-6/h6,9H,3-5H2,1-2H3. The molecule has 3 nitrogen and oxygen atoms in total. The highest BCUT2D eigenvalue weighted by atomic mass is 16.5. The van der Waals surface area contributed by atoms with E-state index in [1.165, 1.54) is 5.70 Å². The van der Waals surface area contributed by atoms with Gasteiger partial charge in [-0.1, -0.05) is 0 Å². The number of ether oxygens (including phenoxy) is 1. The number of likely N-dealkylation sites (N-methyl/N-ethyl adjacent to an activating group) is 1. The topological polar surface area (TPSA) is 24.5 Å². The maximum atomic E-state index is 5.56. The molecule has 0 saturated heterocycles. The Kier molecular flexibility index (Phi) is 1.53. The Morgan fingerprint density at radius 1 is 1.64 bits per heavy atom. The lowest BCUT2D eigenvalue weighted by molar-refractivity contribution is 0.127. The van der Waals surface area contributed by atoms with Crippen LogP contribution in [-0.2, 0) is 4.74 Å². The molecule has 2 rings (SSSR count). The summed E-state index contributed by atoms with van der Waals surface area (Å²) < 4.78 is 5.56. The summed E-state index contributed by atoms with van der Waals surface area (Å²) in [6, 6.07) is 0. The van der Waals surface area contributed by atoms with Crippen LogP contribution in [0.3, 0.4) is 0 Å². The number of nitrogens with zero attached hydrogens (tertiary/aromatic N) is 1. The van der Waals surface area contributed by atoms with Gasteiger partial charge in [-0.2, -0.15) is 0 Å². The van der Waals surface area contributed by atoms with E-state index >= 15 is 0 Å². The Morgan fingerprint density at radius 3 is 3.27 bits per heavy atom. The molecule has 1 unspecified atom stereocenters. The molecule has 0 aromatic rings. The molecule has 0 radical (unpaired) electrons. The van der Waals surface area contributed by atoms with E-state index in [1.54, 1.807) is 0 Å². The molecule has 2 heterocycles. The zero-order valence-electron chi connectivity index (χ0n) is 7.05. The van der Waals surface area contributed by atoms with Crippen molar-refractivity contribution in [3.63, 3.8) is 0 Å². The van der Waals surface area contributed by atoms with E-state index in [1.807, 2.05) is 6.92 Å². The Morgan fingerprint density at radius 2 is 2.45 bits per heavy atom. The summed E-state index contributed by atoms with van der Waals surface area (Å²) in [6.07, 6.45) is 1.29. The van der Waals surface area contributed by atoms with Crippen molar-refractivity contribution in [2.75, 3.05) is 20.1 Å². The van der Waals surface area contributed by atoms with Gasteiger partial charge in [-0.3, -0.25) is 4.90 Å². The fourth-order valence-corrected chi connectivity index (χ4v) is 1.61. The van der Waals surface area contributed by atoms with Crippen molar-refractivity contribution >= 4 is 0 Å². The first-order chi connectivity index (χ1) is 5.25. The van der Waals surface area contributed by atoms with Gasteiger partial charge in [-0.05, 0) is 14.0 Å². The summed E-state index contributed by atoms with van der Waals surface area (Å²) in [4.78, 5) is 2.28. The maximum absolute atomic E-state index is 5.56. The van der Waals surface area contributed by atoms with Crippen molar-refractivity contribution < 1.29 is 4.74 Å². The lowest BCUT2D eigenvalue weighted by Crippen LogP contribution is -2.28. The highest BCUT2D eigenvalue weighted by Gasteiger charge is 2.25. The third kappa shape index (κ3) is 1.20. The molecule has 3 heteroatoms. The normalized spacial score (nSPS) is 31.3. The van der Waals surface area contributed by atoms with E-state index in [4.69, 9.17) is 4.74 Å². The van der Waals surface area contributed by atoms with E-state index in [9.17, 15) is 0 Å². The van der Waals surface area contributed by atoms with Crippen molar-refractivity contribution in [2.45, 2.75) is 19.6 Å². The molecule has 1 N–H and O–H groups in total. The van der Waals surface area contributed by atoms with Crippen molar-refractivity contribution in [3.8, 4) is 0 Å². The highest BCUT2D eigenvalue weighted by Crippen LogP contribution is 2.22. The first-order valence-corrected chi connectivity index (χ1v) is 4.09. The summed E-state index contributed by atoms with van der Waals surface area (Å²) in [7, 11) is 2.12. The molecule has 0 aromatic carbocycles. The Labute approximate surface area is 67.0 Å². The summed E-state index contributed by atoms with van der Waals surface area (Å²) >= 11 is 0. The number of nitrogens with one attached hydrogen (secondary N) is 1. The molecule has 0 spiro atoms. The molecular formula is C8H14N2O. The van der Waals surface area contributed by atoms with E-state index in [0.717, 1.165) is 25.3 Å². The van der Waals surface area contributed by atoms with Gasteiger partial charge in [-0.25, -0.2) is 0 Å². The molecule has 1 atom stereocenters. The van der Waals surface area contributed by atoms with Gasteiger partial charge < -0.3 is 10.1 Å². The minimum Gasteiger partial charge on any atom is -0.472 e. The third-order valence-electron chi connectivity index (χ3n) is 2.19. The van der Waals surface area contributed by atoms with Gasteiger partial charge in [0.15, 0.2) is 6.23 Å². The average Bonchev–Trinajstić information content (AvgIpc) is 2.27. The van der Waals surface area contributed by atoms with Crippen LogP contribution in [0.15, 0.2) is 11.5 Å². The zero-order valence-corrected chi connectivity index (χ0v) is 7.05. The molecule has 11 heavy (non-hydrogen) atoms. The minimum absolute atomic E-state index is 0.187. The summed E-state index contributed by atoms with van der Waals surface area (Å²) in [5, 5.41) is 3.31. The Balaban J connectivity index is 2.10. The fourth-order valence-electron chi connectivity index (χ4n) is 1.61. The predicted octanol–water partition coefficient (Wildman–Crippen LogP) is 0.499. The van der Waals surface area contributed by atoms with Gasteiger partial charge in [-0.15, -0.1) is 0 Å². The molecule has 2 aliphatic heterocycles. The zero-order chi connectivity index (χ0) is 7.84. The molecule has 2 aliphatic rings. The second-order valence-corrected chi connectivity index (χ2v) is 3.29. The van der Waals surface area contributed by atoms with Gasteiger partial charge in [0.2, 0.25) is 0 Å². The lowest BCUT2D eigenvalue weighted by atomic mass is 10.2. The highest BCUT2D eigenvalue weighted by molar-refractivity contribution is 5.16. The molecule has 0 amide bonds. The fraction of sp³-hybridized carbons (Fsp3) is 0.750. The van der Waals surface area contributed by atoms with Crippen LogP contribution < -0.4 is 5.32 Å². The summed E-state index contributed by atoms with van der Waals surface area (Å²) in [5.74, 6) is 1.14. The van der Waals surface area contributed by atoms with Crippen molar-refractivity contribution in [3.05, 3.63) is 11.5 Å². The minimum atomic E-state index is 0.187. The molecular weight excluding hydrogens is 140 g/mol. The molecule has 0 fully saturated rings. The third-order valence-corrected chi connectivity index (χ3v) is 2.19. The van der Waals surface area contributed by atoms with Crippen molar-refractivity contribution in [1.82, 2.24) is 10.2 Å². The van der Waals surface area contributed by atoms with Crippen LogP contribution in [0.1, 0.15) is 13.3 Å². The first-order valence-electron chi connectivity index (χ1n) is 4.09. The summed E-state index contributed by atoms with van der Waals surface area (Å²) in [6.45, 7) is 4.15. The number of hydrogen-bond acceptors (Lipinski definition) is 3. The van der Waals surface area contributed by atoms with E-state index in [-0.39, 0.29) is 6.23 Å². The van der Waals surface area contributed by atoms with Gasteiger partial charge in [0.1, 0.15) is 5.76 Å². The number of hydrogen-bond donors (Lipinski definition) is 1. The van der Waals surface area contributed by atoms with Crippen molar-refractivity contribution in [2.24, 2.45) is 0 Å². The Bertz CT molecular complexity index is 200. The first kappa shape index (κ1) is 6.98. The quantitative estimate of drug-likeness (QED) is 0.550. The van der Waals surface area contributed by atoms with Crippen LogP contribution in [0.5, 0.6) is 0 Å². The molecule has 62 valence electrons. The van der Waals surface area contributed by atoms with Gasteiger partial charge in [0.25, 0.3) is 0 Å². The van der Waals surface area contributed by atoms with Crippen LogP contribution in [0, 0.1) is 0 Å². The van der Waals surface area contributed by atoms with Crippen LogP contribution in [0.25, 0.3) is 0 Å². The van der Waals surface area contributed by atoms with Gasteiger partial charge >= 0.3 is 0 Å². The largest absolute Gasteiger partial charge is 0.472 e. The van der Waals surface area contributed by atoms with E-state index < -0.39 is 0 Å². The van der Waals surface area contributed by atoms with Crippen molar-refractivity contribution in [1.29, 1.82) is 0 Å². The molecule has 0 aromatic heterocycles. The molecule has 0 bridgehead atoms. The SMILES string of the molecule is CC1NC2=C(CN(C)CC2)O1.